The van der Waals surface area contributed by atoms with Crippen molar-refractivity contribution in [2.24, 2.45) is 16.7 Å². The lowest BCUT2D eigenvalue weighted by Crippen LogP contribution is -2.28. The second kappa shape index (κ2) is 4.36. The summed E-state index contributed by atoms with van der Waals surface area (Å²) >= 11 is 0. The van der Waals surface area contributed by atoms with Gasteiger partial charge in [0.2, 0.25) is 5.91 Å². The number of carbonyl (C=O) groups excluding carboxylic acids is 1. The number of nitrogens with one attached hydrogen (secondary N) is 1. The molecule has 0 atom stereocenters. The third kappa shape index (κ3) is 2.40. The van der Waals surface area contributed by atoms with Gasteiger partial charge < -0.3 is 10.2 Å². The van der Waals surface area contributed by atoms with Crippen molar-refractivity contribution in [3.8, 4) is 0 Å². The Balaban J connectivity index is 2.17. The van der Waals surface area contributed by atoms with Crippen molar-refractivity contribution in [3.63, 3.8) is 0 Å². The molecule has 0 bridgehead atoms. The Kier molecular flexibility index (Phi) is 3.68. The molecular weight excluding hydrogens is 200 g/mol. The summed E-state index contributed by atoms with van der Waals surface area (Å²) in [6.07, 6.45) is 0.598. The minimum atomic E-state index is 0.196. The Morgan fingerprint density at radius 1 is 1.19 bits per heavy atom. The fourth-order valence-electron chi connectivity index (χ4n) is 2.51. The van der Waals surface area contributed by atoms with Crippen LogP contribution in [0, 0.1) is 16.7 Å². The fraction of sp³-hybridized carbons (Fsp3) is 0.923. The molecule has 0 heterocycles. The van der Waals surface area contributed by atoms with Crippen molar-refractivity contribution < 1.29 is 4.79 Å². The number of amides is 1. The van der Waals surface area contributed by atoms with Crippen LogP contribution in [0.4, 0.5) is 0 Å². The van der Waals surface area contributed by atoms with Gasteiger partial charge in [0.15, 0.2) is 0 Å². The van der Waals surface area contributed by atoms with Crippen molar-refractivity contribution >= 4 is 5.91 Å². The van der Waals surface area contributed by atoms with Crippen LogP contribution >= 0.6 is 0 Å². The molecule has 0 spiro atoms. The second-order valence-electron chi connectivity index (χ2n) is 6.24. The maximum atomic E-state index is 11.3. The monoisotopic (exact) mass is 226 g/mol. The molecule has 1 aliphatic carbocycles. The van der Waals surface area contributed by atoms with Gasteiger partial charge in [-0.2, -0.15) is 0 Å². The number of carbonyl (C=O) groups is 1. The minimum absolute atomic E-state index is 0.196. The van der Waals surface area contributed by atoms with E-state index in [4.69, 9.17) is 0 Å². The van der Waals surface area contributed by atoms with E-state index in [0.29, 0.717) is 17.3 Å². The standard InChI is InChI=1S/C13H26N2O/c1-12(2)10(13(12,3)4)9-14-8-7-11(16)15(5)6/h10,14H,7-9H2,1-6H3. The highest BCUT2D eigenvalue weighted by Gasteiger charge is 2.63. The predicted molar refractivity (Wildman–Crippen MR) is 67.2 cm³/mol. The number of hydrogen-bond donors (Lipinski definition) is 1. The molecule has 1 amide bonds. The smallest absolute Gasteiger partial charge is 0.223 e. The van der Waals surface area contributed by atoms with E-state index in [1.165, 1.54) is 0 Å². The number of hydrogen-bond acceptors (Lipinski definition) is 2. The quantitative estimate of drug-likeness (QED) is 0.724. The summed E-state index contributed by atoms with van der Waals surface area (Å²) in [5, 5.41) is 3.40. The summed E-state index contributed by atoms with van der Waals surface area (Å²) in [7, 11) is 3.60. The molecule has 1 aliphatic rings. The van der Waals surface area contributed by atoms with E-state index in [0.717, 1.165) is 19.0 Å². The lowest BCUT2D eigenvalue weighted by atomic mass is 10.0. The molecule has 1 fully saturated rings. The van der Waals surface area contributed by atoms with Crippen molar-refractivity contribution in [2.45, 2.75) is 34.1 Å². The molecule has 1 saturated carbocycles. The highest BCUT2D eigenvalue weighted by Crippen LogP contribution is 2.67. The summed E-state index contributed by atoms with van der Waals surface area (Å²) in [6, 6.07) is 0. The van der Waals surface area contributed by atoms with Crippen LogP contribution in [0.2, 0.25) is 0 Å². The number of rotatable bonds is 5. The maximum absolute atomic E-state index is 11.3. The Labute approximate surface area is 99.6 Å². The van der Waals surface area contributed by atoms with E-state index >= 15 is 0 Å². The van der Waals surface area contributed by atoms with Gasteiger partial charge in [-0.15, -0.1) is 0 Å². The zero-order valence-electron chi connectivity index (χ0n) is 11.6. The van der Waals surface area contributed by atoms with E-state index in [1.807, 2.05) is 0 Å². The third-order valence-corrected chi connectivity index (χ3v) is 4.68. The van der Waals surface area contributed by atoms with Crippen molar-refractivity contribution in [1.29, 1.82) is 0 Å². The molecule has 0 aromatic carbocycles. The highest BCUT2D eigenvalue weighted by atomic mass is 16.2. The molecule has 0 aromatic rings. The average molecular weight is 226 g/mol. The topological polar surface area (TPSA) is 32.3 Å². The molecule has 0 saturated heterocycles. The Bertz CT molecular complexity index is 255. The van der Waals surface area contributed by atoms with Crippen LogP contribution in [0.5, 0.6) is 0 Å². The summed E-state index contributed by atoms with van der Waals surface area (Å²) < 4.78 is 0. The zero-order valence-corrected chi connectivity index (χ0v) is 11.6. The van der Waals surface area contributed by atoms with Crippen LogP contribution in [0.15, 0.2) is 0 Å². The van der Waals surface area contributed by atoms with Gasteiger partial charge in [-0.1, -0.05) is 27.7 Å². The van der Waals surface area contributed by atoms with E-state index in [9.17, 15) is 4.79 Å². The Morgan fingerprint density at radius 2 is 1.69 bits per heavy atom. The lowest BCUT2D eigenvalue weighted by molar-refractivity contribution is -0.128. The van der Waals surface area contributed by atoms with Gasteiger partial charge in [-0.25, -0.2) is 0 Å². The van der Waals surface area contributed by atoms with Gasteiger partial charge in [0.25, 0.3) is 0 Å². The number of nitrogens with zero attached hydrogens (tertiary/aromatic N) is 1. The summed E-state index contributed by atoms with van der Waals surface area (Å²) in [6.45, 7) is 11.1. The van der Waals surface area contributed by atoms with Gasteiger partial charge in [0.05, 0.1) is 0 Å². The molecule has 16 heavy (non-hydrogen) atoms. The van der Waals surface area contributed by atoms with Gasteiger partial charge in [-0.05, 0) is 23.3 Å². The SMILES string of the molecule is CN(C)C(=O)CCNCC1C(C)(C)C1(C)C. The zero-order chi connectivity index (χ0) is 12.6. The molecule has 0 radical (unpaired) electrons. The van der Waals surface area contributed by atoms with Gasteiger partial charge in [0.1, 0.15) is 0 Å². The molecular formula is C13H26N2O. The van der Waals surface area contributed by atoms with E-state index in [-0.39, 0.29) is 5.91 Å². The van der Waals surface area contributed by atoms with Crippen LogP contribution in [-0.4, -0.2) is 38.0 Å². The third-order valence-electron chi connectivity index (χ3n) is 4.68. The van der Waals surface area contributed by atoms with Gasteiger partial charge >= 0.3 is 0 Å². The summed E-state index contributed by atoms with van der Waals surface area (Å²) in [5.41, 5.74) is 0.872. The summed E-state index contributed by atoms with van der Waals surface area (Å²) in [5.74, 6) is 0.927. The van der Waals surface area contributed by atoms with Crippen LogP contribution in [0.1, 0.15) is 34.1 Å². The van der Waals surface area contributed by atoms with Crippen molar-refractivity contribution in [3.05, 3.63) is 0 Å². The first kappa shape index (κ1) is 13.5. The largest absolute Gasteiger partial charge is 0.349 e. The molecule has 0 aliphatic heterocycles. The van der Waals surface area contributed by atoms with Gasteiger partial charge in [0, 0.05) is 27.1 Å². The Hall–Kier alpha value is -0.570. The van der Waals surface area contributed by atoms with Crippen LogP contribution in [-0.2, 0) is 4.79 Å². The summed E-state index contributed by atoms with van der Waals surface area (Å²) in [4.78, 5) is 13.0. The molecule has 1 rings (SSSR count). The van der Waals surface area contributed by atoms with Gasteiger partial charge in [-0.3, -0.25) is 4.79 Å². The van der Waals surface area contributed by atoms with E-state index < -0.39 is 0 Å². The first-order valence-electron chi connectivity index (χ1n) is 6.12. The predicted octanol–water partition coefficient (Wildman–Crippen LogP) is 1.74. The minimum Gasteiger partial charge on any atom is -0.349 e. The normalized spacial score (nSPS) is 21.9. The second-order valence-corrected chi connectivity index (χ2v) is 6.24. The molecule has 0 aromatic heterocycles. The average Bonchev–Trinajstić information content (AvgIpc) is 2.53. The molecule has 1 N–H and O–H groups in total. The highest BCUT2D eigenvalue weighted by molar-refractivity contribution is 5.75. The Morgan fingerprint density at radius 3 is 2.06 bits per heavy atom. The first-order valence-corrected chi connectivity index (χ1v) is 6.12. The van der Waals surface area contributed by atoms with Crippen molar-refractivity contribution in [1.82, 2.24) is 10.2 Å². The first-order chi connectivity index (χ1) is 7.21. The molecule has 0 unspecified atom stereocenters. The van der Waals surface area contributed by atoms with Crippen LogP contribution in [0.3, 0.4) is 0 Å². The lowest BCUT2D eigenvalue weighted by Gasteiger charge is -2.10. The maximum Gasteiger partial charge on any atom is 0.223 e. The fourth-order valence-corrected chi connectivity index (χ4v) is 2.51. The van der Waals surface area contributed by atoms with E-state index in [2.05, 4.69) is 33.0 Å². The van der Waals surface area contributed by atoms with Crippen LogP contribution < -0.4 is 5.32 Å². The van der Waals surface area contributed by atoms with Crippen LogP contribution in [0.25, 0.3) is 0 Å². The molecule has 3 heteroatoms. The molecule has 94 valence electrons. The van der Waals surface area contributed by atoms with Crippen molar-refractivity contribution in [2.75, 3.05) is 27.2 Å². The van der Waals surface area contributed by atoms with E-state index in [1.54, 1.807) is 19.0 Å². The molecule has 3 nitrogen and oxygen atoms in total.